The maximum absolute atomic E-state index is 11.3. The van der Waals surface area contributed by atoms with Gasteiger partial charge in [-0.2, -0.15) is 0 Å². The number of carbonyl (C=O) groups is 1. The van der Waals surface area contributed by atoms with E-state index in [0.717, 1.165) is 3.70 Å². The Morgan fingerprint density at radius 3 is 2.71 bits per heavy atom. The van der Waals surface area contributed by atoms with Crippen LogP contribution in [-0.4, -0.2) is 16.7 Å². The van der Waals surface area contributed by atoms with Crippen molar-refractivity contribution in [1.82, 2.24) is 4.98 Å². The summed E-state index contributed by atoms with van der Waals surface area (Å²) in [5.74, 6) is 0. The Morgan fingerprint density at radius 2 is 2.29 bits per heavy atom. The van der Waals surface area contributed by atoms with Gasteiger partial charge in [-0.15, -0.1) is 11.3 Å². The number of nitrogens with zero attached hydrogens (tertiary/aromatic N) is 1. The highest BCUT2D eigenvalue weighted by Gasteiger charge is 2.16. The van der Waals surface area contributed by atoms with Crippen LogP contribution in [0.1, 0.15) is 20.8 Å². The van der Waals surface area contributed by atoms with Crippen LogP contribution in [0.2, 0.25) is 0 Å². The summed E-state index contributed by atoms with van der Waals surface area (Å²) in [6, 6.07) is 0. The van der Waals surface area contributed by atoms with E-state index in [9.17, 15) is 4.79 Å². The molecule has 1 aromatic rings. The first kappa shape index (κ1) is 11.7. The Hall–Kier alpha value is -0.370. The van der Waals surface area contributed by atoms with E-state index in [-0.39, 0.29) is 0 Å². The first-order chi connectivity index (χ1) is 6.37. The fraction of sp³-hybridized carbons (Fsp3) is 0.500. The van der Waals surface area contributed by atoms with Crippen LogP contribution in [0.25, 0.3) is 0 Å². The molecule has 6 heteroatoms. The maximum atomic E-state index is 11.3. The van der Waals surface area contributed by atoms with Crippen molar-refractivity contribution in [3.05, 3.63) is 9.08 Å². The summed E-state index contributed by atoms with van der Waals surface area (Å²) in [6.07, 6.45) is -0.469. The van der Waals surface area contributed by atoms with Crippen molar-refractivity contribution < 1.29 is 9.53 Å². The van der Waals surface area contributed by atoms with Crippen molar-refractivity contribution in [2.75, 3.05) is 5.32 Å². The lowest BCUT2D eigenvalue weighted by Gasteiger charge is -2.18. The zero-order valence-corrected chi connectivity index (χ0v) is 11.1. The van der Waals surface area contributed by atoms with Gasteiger partial charge >= 0.3 is 6.09 Å². The summed E-state index contributed by atoms with van der Waals surface area (Å²) in [6.45, 7) is 5.45. The molecule has 1 N–H and O–H groups in total. The fourth-order valence-electron chi connectivity index (χ4n) is 0.702. The number of nitrogens with one attached hydrogen (secondary N) is 1. The second-order valence-electron chi connectivity index (χ2n) is 3.60. The molecule has 0 unspecified atom stereocenters. The second kappa shape index (κ2) is 4.43. The van der Waals surface area contributed by atoms with Gasteiger partial charge in [0, 0.05) is 5.38 Å². The van der Waals surface area contributed by atoms with Crippen molar-refractivity contribution in [2.24, 2.45) is 0 Å². The summed E-state index contributed by atoms with van der Waals surface area (Å²) < 4.78 is 5.92. The molecule has 0 aliphatic heterocycles. The number of hydrogen-bond acceptors (Lipinski definition) is 4. The molecular formula is C8H11IN2O2S. The van der Waals surface area contributed by atoms with E-state index in [0.29, 0.717) is 5.13 Å². The zero-order valence-electron chi connectivity index (χ0n) is 8.13. The number of rotatable bonds is 1. The molecule has 1 rings (SSSR count). The summed E-state index contributed by atoms with van der Waals surface area (Å²) in [5, 5.41) is 4.97. The fourth-order valence-corrected chi connectivity index (χ4v) is 2.04. The SMILES string of the molecule is CC(C)(C)OC(=O)Nc1nc(I)cs1. The first-order valence-corrected chi connectivity index (χ1v) is 5.94. The number of hydrogen-bond donors (Lipinski definition) is 1. The van der Waals surface area contributed by atoms with Crippen LogP contribution in [0.3, 0.4) is 0 Å². The van der Waals surface area contributed by atoms with Gasteiger partial charge in [-0.25, -0.2) is 9.78 Å². The molecule has 0 radical (unpaired) electrons. The number of carbonyl (C=O) groups excluding carboxylic acids is 1. The van der Waals surface area contributed by atoms with E-state index in [1.54, 1.807) is 0 Å². The molecule has 0 saturated carbocycles. The van der Waals surface area contributed by atoms with Crippen molar-refractivity contribution >= 4 is 45.2 Å². The predicted octanol–water partition coefficient (Wildman–Crippen LogP) is 3.09. The van der Waals surface area contributed by atoms with Crippen LogP contribution >= 0.6 is 33.9 Å². The molecule has 0 aliphatic rings. The minimum absolute atomic E-state index is 0.469. The lowest BCUT2D eigenvalue weighted by Crippen LogP contribution is -2.27. The van der Waals surface area contributed by atoms with Gasteiger partial charge in [0.2, 0.25) is 0 Å². The largest absolute Gasteiger partial charge is 0.444 e. The topological polar surface area (TPSA) is 51.2 Å². The van der Waals surface area contributed by atoms with Crippen LogP contribution < -0.4 is 5.32 Å². The lowest BCUT2D eigenvalue weighted by molar-refractivity contribution is 0.0636. The molecule has 0 bridgehead atoms. The van der Waals surface area contributed by atoms with Gasteiger partial charge in [0.25, 0.3) is 0 Å². The van der Waals surface area contributed by atoms with Crippen molar-refractivity contribution in [2.45, 2.75) is 26.4 Å². The number of halogens is 1. The van der Waals surface area contributed by atoms with Crippen LogP contribution in [-0.2, 0) is 4.74 Å². The third-order valence-electron chi connectivity index (χ3n) is 1.08. The molecule has 0 saturated heterocycles. The molecule has 0 aliphatic carbocycles. The van der Waals surface area contributed by atoms with E-state index in [1.807, 2.05) is 26.2 Å². The smallest absolute Gasteiger partial charge is 0.413 e. The van der Waals surface area contributed by atoms with Crippen LogP contribution in [0.5, 0.6) is 0 Å². The summed E-state index contributed by atoms with van der Waals surface area (Å²) in [7, 11) is 0. The van der Waals surface area contributed by atoms with E-state index >= 15 is 0 Å². The number of thiazole rings is 1. The number of amides is 1. The Labute approximate surface area is 100 Å². The van der Waals surface area contributed by atoms with Gasteiger partial charge in [0.05, 0.1) is 0 Å². The normalized spacial score (nSPS) is 11.1. The van der Waals surface area contributed by atoms with Gasteiger partial charge < -0.3 is 4.74 Å². The molecule has 14 heavy (non-hydrogen) atoms. The third-order valence-corrected chi connectivity index (χ3v) is 2.82. The van der Waals surface area contributed by atoms with Crippen molar-refractivity contribution in [1.29, 1.82) is 0 Å². The second-order valence-corrected chi connectivity index (χ2v) is 5.57. The average molecular weight is 326 g/mol. The van der Waals surface area contributed by atoms with Gasteiger partial charge in [0.1, 0.15) is 9.30 Å². The van der Waals surface area contributed by atoms with Gasteiger partial charge in [0.15, 0.2) is 5.13 Å². The van der Waals surface area contributed by atoms with E-state index in [2.05, 4.69) is 32.9 Å². The molecule has 0 atom stereocenters. The number of aromatic nitrogens is 1. The van der Waals surface area contributed by atoms with Crippen molar-refractivity contribution in [3.63, 3.8) is 0 Å². The average Bonchev–Trinajstić information content (AvgIpc) is 2.30. The highest BCUT2D eigenvalue weighted by atomic mass is 127. The third kappa shape index (κ3) is 4.23. The monoisotopic (exact) mass is 326 g/mol. The molecular weight excluding hydrogens is 315 g/mol. The van der Waals surface area contributed by atoms with Gasteiger partial charge in [-0.1, -0.05) is 0 Å². The summed E-state index contributed by atoms with van der Waals surface area (Å²) >= 11 is 3.46. The predicted molar refractivity (Wildman–Crippen MR) is 64.7 cm³/mol. The minimum Gasteiger partial charge on any atom is -0.444 e. The zero-order chi connectivity index (χ0) is 10.8. The molecule has 0 spiro atoms. The Balaban J connectivity index is 2.50. The van der Waals surface area contributed by atoms with Crippen LogP contribution in [0.15, 0.2) is 5.38 Å². The lowest BCUT2D eigenvalue weighted by atomic mass is 10.2. The van der Waals surface area contributed by atoms with Gasteiger partial charge in [-0.05, 0) is 43.4 Å². The standard InChI is InChI=1S/C8H11IN2O2S/c1-8(2,3)13-7(12)11-6-10-5(9)4-14-6/h4H,1-3H3,(H,10,11,12). The number of anilines is 1. The summed E-state index contributed by atoms with van der Waals surface area (Å²) in [5.41, 5.74) is -0.478. The highest BCUT2D eigenvalue weighted by Crippen LogP contribution is 2.17. The minimum atomic E-state index is -0.478. The highest BCUT2D eigenvalue weighted by molar-refractivity contribution is 14.1. The molecule has 0 fully saturated rings. The van der Waals surface area contributed by atoms with Crippen LogP contribution in [0.4, 0.5) is 9.93 Å². The molecule has 4 nitrogen and oxygen atoms in total. The molecule has 1 aromatic heterocycles. The van der Waals surface area contributed by atoms with Crippen LogP contribution in [0, 0.1) is 3.70 Å². The molecule has 0 aromatic carbocycles. The Morgan fingerprint density at radius 1 is 1.64 bits per heavy atom. The number of ether oxygens (including phenoxy) is 1. The molecule has 1 amide bonds. The van der Waals surface area contributed by atoms with Gasteiger partial charge in [-0.3, -0.25) is 5.32 Å². The van der Waals surface area contributed by atoms with Crippen molar-refractivity contribution in [3.8, 4) is 0 Å². The van der Waals surface area contributed by atoms with E-state index in [4.69, 9.17) is 4.74 Å². The maximum Gasteiger partial charge on any atom is 0.413 e. The first-order valence-electron chi connectivity index (χ1n) is 3.98. The quantitative estimate of drug-likeness (QED) is 0.807. The van der Waals surface area contributed by atoms with E-state index in [1.165, 1.54) is 11.3 Å². The Kier molecular flexibility index (Phi) is 3.71. The molecule has 78 valence electrons. The van der Waals surface area contributed by atoms with E-state index < -0.39 is 11.7 Å². The Bertz CT molecular complexity index is 332. The summed E-state index contributed by atoms with van der Waals surface area (Å²) in [4.78, 5) is 15.3. The molecule has 1 heterocycles.